The molecule has 2 N–H and O–H groups in total. The molecule has 0 radical (unpaired) electrons. The second-order valence-electron chi connectivity index (χ2n) is 32.1. The van der Waals surface area contributed by atoms with Crippen LogP contribution in [-0.4, -0.2) is 153 Å². The van der Waals surface area contributed by atoms with Gasteiger partial charge >= 0.3 is 23.9 Å². The van der Waals surface area contributed by atoms with E-state index in [1.165, 1.54) is 71.4 Å². The van der Waals surface area contributed by atoms with E-state index in [1.54, 1.807) is 52.9 Å². The molecule has 4 aromatic rings. The molecule has 3 fully saturated rings. The highest BCUT2D eigenvalue weighted by Crippen LogP contribution is 2.42. The van der Waals surface area contributed by atoms with E-state index in [4.69, 9.17) is 9.47 Å². The van der Waals surface area contributed by atoms with Gasteiger partial charge in [0.25, 0.3) is 0 Å². The number of carbonyl (C=O) groups is 9. The molecular formula is C83H107BrN6O13S4. The molecule has 0 spiro atoms. The molecule has 0 bridgehead atoms. The minimum Gasteiger partial charge on any atom is -0.477 e. The molecule has 19 nitrogen and oxygen atoms in total. The number of nitrogens with one attached hydrogen (secondary N) is 1. The van der Waals surface area contributed by atoms with Crippen LogP contribution in [0.15, 0.2) is 52.0 Å². The van der Waals surface area contributed by atoms with Crippen LogP contribution in [0.5, 0.6) is 0 Å². The van der Waals surface area contributed by atoms with Gasteiger partial charge in [-0.05, 0) is 213 Å². The van der Waals surface area contributed by atoms with Gasteiger partial charge in [0.1, 0.15) is 37.6 Å². The Morgan fingerprint density at radius 3 is 1.23 bits per heavy atom. The van der Waals surface area contributed by atoms with Crippen LogP contribution in [0, 0.1) is 92.7 Å². The van der Waals surface area contributed by atoms with Crippen LogP contribution in [0.4, 0.5) is 17.1 Å². The van der Waals surface area contributed by atoms with Gasteiger partial charge in [-0.2, -0.15) is 0 Å². The van der Waals surface area contributed by atoms with Crippen molar-refractivity contribution in [3.05, 3.63) is 91.1 Å². The number of ether oxygens (including phenoxy) is 3. The SMILES string of the molecule is CC1=CCC(C(=O)N(c2cc(C#CC(C)(C)C)sc2C(=O)O)[C@H]2CCCN(C)C2=O)[C@@H](C)C1.COC(=O)c1sc(C#CC(C)(C)C)cc1Br.COC(=O)c1sc(C#CC(C)(C)C)cc1N(C(=O)C1CC=C(C)C[C@@H]1C)[C@H]1CCCN(C)C1=O.COC(=O)c1sc(C#CC(C)(C)C)cc1N[C@H]1CCCN(C)C1=O. The second-order valence-corrected chi connectivity index (χ2v) is 37.1. The average molecular weight is 1600 g/mol. The van der Waals surface area contributed by atoms with Gasteiger partial charge in [0.15, 0.2) is 0 Å². The van der Waals surface area contributed by atoms with Crippen molar-refractivity contribution in [2.24, 2.45) is 45.3 Å². The average Bonchev–Trinajstić information content (AvgIpc) is 1.74. The molecule has 9 rings (SSSR count). The maximum absolute atomic E-state index is 14.1. The summed E-state index contributed by atoms with van der Waals surface area (Å²) in [5, 5.41) is 13.2. The van der Waals surface area contributed by atoms with Gasteiger partial charge in [-0.3, -0.25) is 33.8 Å². The van der Waals surface area contributed by atoms with Gasteiger partial charge < -0.3 is 39.3 Å². The van der Waals surface area contributed by atoms with Crippen LogP contribution in [0.3, 0.4) is 0 Å². The maximum atomic E-state index is 14.1. The Bertz CT molecular complexity index is 4300. The van der Waals surface area contributed by atoms with Gasteiger partial charge in [-0.1, -0.05) is 84.5 Å². The molecule has 5 aliphatic rings. The molecule has 578 valence electrons. The summed E-state index contributed by atoms with van der Waals surface area (Å²) in [5.74, 6) is 21.9. The molecule has 7 heterocycles. The molecule has 7 atom stereocenters. The summed E-state index contributed by atoms with van der Waals surface area (Å²) in [5.41, 5.74) is 3.28. The van der Waals surface area contributed by atoms with Crippen molar-refractivity contribution in [3.8, 4) is 47.4 Å². The molecule has 107 heavy (non-hydrogen) atoms. The van der Waals surface area contributed by atoms with E-state index in [0.29, 0.717) is 80.2 Å². The molecule has 24 heteroatoms. The van der Waals surface area contributed by atoms with Gasteiger partial charge in [0.05, 0.1) is 57.9 Å². The number of halogens is 1. The number of piperidine rings is 3. The molecular weight excluding hydrogens is 1500 g/mol. The Kier molecular flexibility index (Phi) is 31.2. The number of carboxylic acid groups (broad SMARTS) is 1. The van der Waals surface area contributed by atoms with Crippen LogP contribution >= 0.6 is 61.3 Å². The van der Waals surface area contributed by atoms with Crippen molar-refractivity contribution in [2.45, 2.75) is 193 Å². The highest BCUT2D eigenvalue weighted by molar-refractivity contribution is 9.10. The monoisotopic (exact) mass is 1600 g/mol. The van der Waals surface area contributed by atoms with Crippen molar-refractivity contribution >= 4 is 132 Å². The zero-order valence-corrected chi connectivity index (χ0v) is 71.1. The van der Waals surface area contributed by atoms with Crippen LogP contribution in [-0.2, 0) is 38.2 Å². The van der Waals surface area contributed by atoms with E-state index in [9.17, 15) is 48.3 Å². The third-order valence-electron chi connectivity index (χ3n) is 18.0. The maximum Gasteiger partial charge on any atom is 0.350 e. The van der Waals surface area contributed by atoms with Crippen molar-refractivity contribution in [1.82, 2.24) is 14.7 Å². The number of carbonyl (C=O) groups excluding carboxylic acids is 8. The number of likely N-dealkylation sites (tertiary alicyclic amines) is 3. The number of likely N-dealkylation sites (N-methyl/N-ethyl adjacent to an activating group) is 3. The molecule has 2 aliphatic carbocycles. The number of rotatable bonds is 12. The van der Waals surface area contributed by atoms with Crippen LogP contribution in [0.1, 0.15) is 233 Å². The Morgan fingerprint density at radius 1 is 0.505 bits per heavy atom. The molecule has 3 aliphatic heterocycles. The minimum atomic E-state index is -1.11. The Balaban J connectivity index is 0.000000231. The van der Waals surface area contributed by atoms with Crippen molar-refractivity contribution in [2.75, 3.05) is 77.2 Å². The number of methoxy groups -OCH3 is 3. The molecule has 2 unspecified atom stereocenters. The standard InChI is InChI=1S/C27H36N2O4S.C26H34N2O4S.C18H24N2O3S.C12H13BrO2S/c1-17-10-11-20(18(2)15-17)24(30)29(21-9-8-14-28(6)25(21)31)22-16-19(12-13-27(3,4)5)34-23(22)26(32)33-7;1-16-9-10-19(17(2)14-16)23(29)28(20-8-7-13-27(6)24(20)30)21-15-18(11-12-26(3,4)5)33-22(21)25(31)32;1-18(2,3)9-8-12-11-14(15(24-12)17(22)23-5)19-13-7-6-10-20(4)16(13)21;1-12(2,3)6-5-8-7-9(13)10(16-8)11(14)15-4/h10,16,18,20-21H,8-9,11,14-15H2,1-7H3;9,15,17,19-20H,7-8,10,13-14H2,1-6H3,(H,31,32);11,13,19H,6-7,10H2,1-5H3;7H,1-4H3/t18-,20?,21-;17-,19?,20-;13-;/m000./s1. The predicted octanol–water partition coefficient (Wildman–Crippen LogP) is 16.3. The van der Waals surface area contributed by atoms with E-state index in [-0.39, 0.29) is 91.8 Å². The summed E-state index contributed by atoms with van der Waals surface area (Å²) in [7, 11) is 9.35. The Morgan fingerprint density at radius 2 is 0.841 bits per heavy atom. The summed E-state index contributed by atoms with van der Waals surface area (Å²) in [6.45, 7) is 34.6. The lowest BCUT2D eigenvalue weighted by Gasteiger charge is -2.40. The highest BCUT2D eigenvalue weighted by Gasteiger charge is 2.44. The second kappa shape index (κ2) is 37.9. The van der Waals surface area contributed by atoms with E-state index >= 15 is 0 Å². The van der Waals surface area contributed by atoms with Gasteiger partial charge in [0, 0.05) is 78.7 Å². The largest absolute Gasteiger partial charge is 0.477 e. The van der Waals surface area contributed by atoms with Crippen molar-refractivity contribution in [1.29, 1.82) is 0 Å². The van der Waals surface area contributed by atoms with E-state index < -0.39 is 30.0 Å². The first kappa shape index (κ1) is 87.9. The fourth-order valence-corrected chi connectivity index (χ4v) is 16.7. The fourth-order valence-electron chi connectivity index (χ4n) is 12.5. The number of amides is 5. The quantitative estimate of drug-likeness (QED) is 0.0582. The zero-order valence-electron chi connectivity index (χ0n) is 66.3. The molecule has 4 aromatic heterocycles. The number of allylic oxidation sites excluding steroid dienone is 4. The summed E-state index contributed by atoms with van der Waals surface area (Å²) < 4.78 is 15.3. The minimum absolute atomic E-state index is 0.0398. The number of esters is 3. The van der Waals surface area contributed by atoms with Crippen LogP contribution in [0.2, 0.25) is 0 Å². The molecule has 0 aromatic carbocycles. The number of aromatic carboxylic acids is 1. The molecule has 0 saturated carbocycles. The van der Waals surface area contributed by atoms with Crippen LogP contribution < -0.4 is 15.1 Å². The number of nitrogens with zero attached hydrogens (tertiary/aromatic N) is 5. The van der Waals surface area contributed by atoms with Crippen molar-refractivity contribution < 1.29 is 62.5 Å². The fraction of sp³-hybridized carbons (Fsp3) is 0.554. The predicted molar refractivity (Wildman–Crippen MR) is 433 cm³/mol. The smallest absolute Gasteiger partial charge is 0.350 e. The summed E-state index contributed by atoms with van der Waals surface area (Å²) >= 11 is 8.22. The number of carboxylic acids is 1. The van der Waals surface area contributed by atoms with E-state index in [1.807, 2.05) is 95.2 Å². The van der Waals surface area contributed by atoms with E-state index in [2.05, 4.69) is 113 Å². The number of thiophene rings is 4. The lowest BCUT2D eigenvalue weighted by atomic mass is 9.80. The third kappa shape index (κ3) is 25.0. The summed E-state index contributed by atoms with van der Waals surface area (Å²) in [6.07, 6.45) is 11.4. The van der Waals surface area contributed by atoms with Gasteiger partial charge in [0.2, 0.25) is 29.5 Å². The lowest BCUT2D eigenvalue weighted by molar-refractivity contribution is -0.136. The first-order valence-corrected chi connectivity index (χ1v) is 40.2. The third-order valence-corrected chi connectivity index (χ3v) is 23.0. The molecule has 3 saturated heterocycles. The normalized spacial score (nSPS) is 20.2. The summed E-state index contributed by atoms with van der Waals surface area (Å²) in [6, 6.07) is 5.47. The summed E-state index contributed by atoms with van der Waals surface area (Å²) in [4.78, 5) is 128. The van der Waals surface area contributed by atoms with Crippen LogP contribution in [0.25, 0.3) is 0 Å². The first-order chi connectivity index (χ1) is 49.8. The van der Waals surface area contributed by atoms with Crippen molar-refractivity contribution in [3.63, 3.8) is 0 Å². The number of hydrogen-bond donors (Lipinski definition) is 2. The zero-order chi connectivity index (χ0) is 80.0. The van der Waals surface area contributed by atoms with E-state index in [0.717, 1.165) is 70.6 Å². The Hall–Kier alpha value is -7.97. The van der Waals surface area contributed by atoms with Gasteiger partial charge in [-0.25, -0.2) is 19.2 Å². The number of hydrogen-bond acceptors (Lipinski definition) is 17. The lowest BCUT2D eigenvalue weighted by Crippen LogP contribution is -2.55. The number of anilines is 3. The van der Waals surface area contributed by atoms with Gasteiger partial charge in [-0.15, -0.1) is 45.3 Å². The first-order valence-electron chi connectivity index (χ1n) is 36.2. The Labute approximate surface area is 658 Å². The molecule has 5 amide bonds. The topological polar surface area (TPSA) is 230 Å². The highest BCUT2D eigenvalue weighted by atomic mass is 79.9.